The van der Waals surface area contributed by atoms with Crippen LogP contribution in [0.2, 0.25) is 0 Å². The highest BCUT2D eigenvalue weighted by Crippen LogP contribution is 2.25. The maximum Gasteiger partial charge on any atom is 0.163 e. The average Bonchev–Trinajstić information content (AvgIpc) is 3.18. The molecule has 2 heterocycles. The smallest absolute Gasteiger partial charge is 0.163 e. The van der Waals surface area contributed by atoms with Crippen molar-refractivity contribution in [2.75, 3.05) is 7.11 Å². The molecule has 0 fully saturated rings. The Morgan fingerprint density at radius 3 is 2.65 bits per heavy atom. The number of methoxy groups -OCH3 is 1. The minimum absolute atomic E-state index is 0.0273. The zero-order valence-corrected chi connectivity index (χ0v) is 15.7. The molecule has 3 rings (SSSR count). The average molecular weight is 353 g/mol. The number of aryl methyl sites for hydroxylation is 1. The van der Waals surface area contributed by atoms with Gasteiger partial charge in [-0.05, 0) is 39.8 Å². The van der Waals surface area contributed by atoms with Gasteiger partial charge in [0.2, 0.25) is 0 Å². The van der Waals surface area contributed by atoms with E-state index >= 15 is 0 Å². The van der Waals surface area contributed by atoms with Crippen molar-refractivity contribution in [3.8, 4) is 11.4 Å². The second-order valence-electron chi connectivity index (χ2n) is 6.36. The molecule has 0 aliphatic carbocycles. The molecular formula is C19H23N5O2. The number of nitrogens with zero attached hydrogens (tertiary/aromatic N) is 5. The molecule has 1 aromatic carbocycles. The zero-order chi connectivity index (χ0) is 18.8. The summed E-state index contributed by atoms with van der Waals surface area (Å²) in [5.41, 5.74) is 3.18. The monoisotopic (exact) mass is 353 g/mol. The lowest BCUT2D eigenvalue weighted by Gasteiger charge is -2.16. The fraction of sp³-hybridized carbons (Fsp3) is 0.368. The molecule has 0 aliphatic rings. The van der Waals surface area contributed by atoms with Crippen LogP contribution in [0.3, 0.4) is 0 Å². The van der Waals surface area contributed by atoms with E-state index in [2.05, 4.69) is 22.1 Å². The molecular weight excluding hydrogens is 330 g/mol. The highest BCUT2D eigenvalue weighted by Gasteiger charge is 2.21. The minimum Gasteiger partial charge on any atom is -0.494 e. The fourth-order valence-corrected chi connectivity index (χ4v) is 3.36. The quantitative estimate of drug-likeness (QED) is 0.637. The summed E-state index contributed by atoms with van der Waals surface area (Å²) in [6, 6.07) is 7.72. The van der Waals surface area contributed by atoms with Gasteiger partial charge in [0.1, 0.15) is 23.6 Å². The Bertz CT molecular complexity index is 941. The molecule has 7 nitrogen and oxygen atoms in total. The van der Waals surface area contributed by atoms with E-state index in [1.807, 2.05) is 42.8 Å². The number of ketones is 1. The first kappa shape index (κ1) is 17.8. The number of hydrogen-bond acceptors (Lipinski definition) is 5. The lowest BCUT2D eigenvalue weighted by Crippen LogP contribution is -2.15. The molecule has 136 valence electrons. The molecule has 1 atom stereocenters. The summed E-state index contributed by atoms with van der Waals surface area (Å²) in [6.07, 6.45) is 2.16. The summed E-state index contributed by atoms with van der Waals surface area (Å²) < 4.78 is 9.12. The van der Waals surface area contributed by atoms with Crippen molar-refractivity contribution in [3.63, 3.8) is 0 Å². The van der Waals surface area contributed by atoms with Crippen molar-refractivity contribution >= 4 is 5.78 Å². The highest BCUT2D eigenvalue weighted by molar-refractivity contribution is 5.96. The molecule has 3 aromatic rings. The summed E-state index contributed by atoms with van der Waals surface area (Å²) in [5.74, 6) is 1.58. The molecule has 1 unspecified atom stereocenters. The number of ether oxygens (including phenoxy) is 1. The van der Waals surface area contributed by atoms with Crippen molar-refractivity contribution in [1.82, 2.24) is 24.5 Å². The number of carbonyl (C=O) groups is 1. The van der Waals surface area contributed by atoms with Crippen molar-refractivity contribution in [2.24, 2.45) is 0 Å². The van der Waals surface area contributed by atoms with Crippen molar-refractivity contribution in [3.05, 3.63) is 53.4 Å². The van der Waals surface area contributed by atoms with Crippen LogP contribution in [0.4, 0.5) is 0 Å². The van der Waals surface area contributed by atoms with Gasteiger partial charge in [-0.3, -0.25) is 9.48 Å². The van der Waals surface area contributed by atoms with Crippen LogP contribution in [-0.2, 0) is 6.42 Å². The maximum atomic E-state index is 11.9. The molecule has 2 aromatic heterocycles. The van der Waals surface area contributed by atoms with Crippen LogP contribution in [-0.4, -0.2) is 37.4 Å². The van der Waals surface area contributed by atoms with Crippen LogP contribution in [0.25, 0.3) is 5.69 Å². The number of carbonyl (C=O) groups excluding carboxylic acids is 1. The van der Waals surface area contributed by atoms with Crippen molar-refractivity contribution in [1.29, 1.82) is 0 Å². The maximum absolute atomic E-state index is 11.9. The summed E-state index contributed by atoms with van der Waals surface area (Å²) in [4.78, 5) is 16.3. The molecule has 0 amide bonds. The van der Waals surface area contributed by atoms with Gasteiger partial charge >= 0.3 is 0 Å². The van der Waals surface area contributed by atoms with Crippen LogP contribution in [0.15, 0.2) is 30.6 Å². The largest absolute Gasteiger partial charge is 0.494 e. The zero-order valence-electron chi connectivity index (χ0n) is 15.7. The van der Waals surface area contributed by atoms with Crippen LogP contribution in [0.5, 0.6) is 5.75 Å². The number of hydrogen-bond donors (Lipinski definition) is 0. The molecule has 0 bridgehead atoms. The van der Waals surface area contributed by atoms with E-state index in [-0.39, 0.29) is 11.8 Å². The van der Waals surface area contributed by atoms with Gasteiger partial charge in [0.15, 0.2) is 5.78 Å². The minimum atomic E-state index is 0.0273. The van der Waals surface area contributed by atoms with Crippen molar-refractivity contribution in [2.45, 2.75) is 40.2 Å². The molecule has 0 radical (unpaired) electrons. The Balaban J connectivity index is 1.93. The third-order valence-corrected chi connectivity index (χ3v) is 4.50. The number of aromatic nitrogens is 5. The summed E-state index contributed by atoms with van der Waals surface area (Å²) in [6.45, 7) is 7.43. The van der Waals surface area contributed by atoms with Gasteiger partial charge < -0.3 is 4.74 Å². The first-order chi connectivity index (χ1) is 12.4. The first-order valence-corrected chi connectivity index (χ1v) is 8.53. The Morgan fingerprint density at radius 2 is 2.00 bits per heavy atom. The Labute approximate surface area is 152 Å². The number of rotatable bonds is 6. The second-order valence-corrected chi connectivity index (χ2v) is 6.36. The SMILES string of the molecule is COc1ccccc1-n1ncnc1CC(C)n1nc(C)c(C(C)=O)c1C. The van der Waals surface area contributed by atoms with Gasteiger partial charge in [-0.15, -0.1) is 0 Å². The third kappa shape index (κ3) is 3.12. The van der Waals surface area contributed by atoms with Gasteiger partial charge in [-0.2, -0.15) is 10.2 Å². The second kappa shape index (κ2) is 7.11. The highest BCUT2D eigenvalue weighted by atomic mass is 16.5. The summed E-state index contributed by atoms with van der Waals surface area (Å²) >= 11 is 0. The van der Waals surface area contributed by atoms with Crippen molar-refractivity contribution < 1.29 is 9.53 Å². The Hall–Kier alpha value is -2.96. The lowest BCUT2D eigenvalue weighted by molar-refractivity contribution is 0.101. The van der Waals surface area contributed by atoms with E-state index < -0.39 is 0 Å². The third-order valence-electron chi connectivity index (χ3n) is 4.50. The van der Waals surface area contributed by atoms with Crippen LogP contribution in [0, 0.1) is 13.8 Å². The van der Waals surface area contributed by atoms with Gasteiger partial charge in [0.25, 0.3) is 0 Å². The predicted octanol–water partition coefficient (Wildman–Crippen LogP) is 3.10. The molecule has 0 N–H and O–H groups in total. The number of benzene rings is 1. The van der Waals surface area contributed by atoms with E-state index in [9.17, 15) is 4.79 Å². The van der Waals surface area contributed by atoms with E-state index in [1.165, 1.54) is 6.33 Å². The Kier molecular flexibility index (Phi) is 4.88. The first-order valence-electron chi connectivity index (χ1n) is 8.53. The standard InChI is InChI=1S/C19H23N5O2/c1-12(23-14(3)19(15(4)25)13(2)22-23)10-18-20-11-21-24(18)16-8-6-7-9-17(16)26-5/h6-9,11-12H,10H2,1-5H3. The van der Waals surface area contributed by atoms with Crippen LogP contribution in [0.1, 0.15) is 47.5 Å². The summed E-state index contributed by atoms with van der Waals surface area (Å²) in [5, 5.41) is 8.92. The van der Waals surface area contributed by atoms with E-state index in [4.69, 9.17) is 4.74 Å². The molecule has 0 saturated carbocycles. The topological polar surface area (TPSA) is 74.8 Å². The van der Waals surface area contributed by atoms with Gasteiger partial charge in [-0.25, -0.2) is 9.67 Å². The van der Waals surface area contributed by atoms with Crippen LogP contribution >= 0.6 is 0 Å². The predicted molar refractivity (Wildman–Crippen MR) is 98.0 cm³/mol. The lowest BCUT2D eigenvalue weighted by atomic mass is 10.1. The fourth-order valence-electron chi connectivity index (χ4n) is 3.36. The number of Topliss-reactive ketones (excluding diaryl/α,β-unsaturated/α-hetero) is 1. The molecule has 0 aliphatic heterocycles. The van der Waals surface area contributed by atoms with E-state index in [0.29, 0.717) is 12.0 Å². The normalized spacial score (nSPS) is 12.2. The Morgan fingerprint density at radius 1 is 1.27 bits per heavy atom. The van der Waals surface area contributed by atoms with E-state index in [1.54, 1.807) is 18.7 Å². The molecule has 0 spiro atoms. The van der Waals surface area contributed by atoms with Gasteiger partial charge in [-0.1, -0.05) is 12.1 Å². The van der Waals surface area contributed by atoms with Gasteiger partial charge in [0.05, 0.1) is 24.4 Å². The molecule has 7 heteroatoms. The van der Waals surface area contributed by atoms with Gasteiger partial charge in [0, 0.05) is 12.1 Å². The number of para-hydroxylation sites is 2. The molecule has 26 heavy (non-hydrogen) atoms. The summed E-state index contributed by atoms with van der Waals surface area (Å²) in [7, 11) is 1.64. The van der Waals surface area contributed by atoms with E-state index in [0.717, 1.165) is 28.6 Å². The van der Waals surface area contributed by atoms with Crippen LogP contribution < -0.4 is 4.74 Å². The molecule has 0 saturated heterocycles.